The monoisotopic (exact) mass is 286 g/mol. The van der Waals surface area contributed by atoms with Crippen LogP contribution in [0.5, 0.6) is 5.88 Å². The molecule has 2 aromatic heterocycles. The maximum absolute atomic E-state index is 5.10. The molecule has 1 atom stereocenters. The quantitative estimate of drug-likeness (QED) is 0.907. The summed E-state index contributed by atoms with van der Waals surface area (Å²) in [6.45, 7) is 3.78. The second kappa shape index (κ2) is 5.90. The molecule has 110 valence electrons. The highest BCUT2D eigenvalue weighted by Crippen LogP contribution is 2.19. The smallest absolute Gasteiger partial charge is 0.225 e. The van der Waals surface area contributed by atoms with Crippen molar-refractivity contribution in [1.82, 2.24) is 19.9 Å². The van der Waals surface area contributed by atoms with Gasteiger partial charge in [0.15, 0.2) is 0 Å². The standard InChI is InChI=1S/C14H18N6O/c1-10-6-15-14(16-7-10)20-4-3-11(8-20)19-12-5-13(21-2)18-9-17-12/h5-7,9,11H,3-4,8H2,1-2H3,(H,17,18,19). The summed E-state index contributed by atoms with van der Waals surface area (Å²) >= 11 is 0. The number of nitrogens with zero attached hydrogens (tertiary/aromatic N) is 5. The fourth-order valence-electron chi connectivity index (χ4n) is 2.35. The number of aromatic nitrogens is 4. The average molecular weight is 286 g/mol. The van der Waals surface area contributed by atoms with Crippen LogP contribution in [0.4, 0.5) is 11.8 Å². The van der Waals surface area contributed by atoms with Crippen LogP contribution in [-0.2, 0) is 0 Å². The molecule has 1 N–H and O–H groups in total. The van der Waals surface area contributed by atoms with Crippen LogP contribution in [-0.4, -0.2) is 46.2 Å². The van der Waals surface area contributed by atoms with E-state index in [1.165, 1.54) is 6.33 Å². The summed E-state index contributed by atoms with van der Waals surface area (Å²) in [4.78, 5) is 19.1. The first-order valence-electron chi connectivity index (χ1n) is 6.91. The highest BCUT2D eigenvalue weighted by molar-refractivity contribution is 5.41. The molecule has 7 heteroatoms. The van der Waals surface area contributed by atoms with Crippen LogP contribution in [0.25, 0.3) is 0 Å². The van der Waals surface area contributed by atoms with Crippen LogP contribution in [0, 0.1) is 6.92 Å². The molecule has 1 saturated heterocycles. The second-order valence-electron chi connectivity index (χ2n) is 5.08. The molecule has 0 aliphatic carbocycles. The highest BCUT2D eigenvalue weighted by Gasteiger charge is 2.24. The lowest BCUT2D eigenvalue weighted by Gasteiger charge is -2.17. The summed E-state index contributed by atoms with van der Waals surface area (Å²) in [5.74, 6) is 2.12. The molecular weight excluding hydrogens is 268 g/mol. The Kier molecular flexibility index (Phi) is 3.81. The van der Waals surface area contributed by atoms with E-state index in [1.807, 2.05) is 19.3 Å². The number of methoxy groups -OCH3 is 1. The summed E-state index contributed by atoms with van der Waals surface area (Å²) in [6.07, 6.45) is 6.21. The Labute approximate surface area is 123 Å². The van der Waals surface area contributed by atoms with Gasteiger partial charge in [0.25, 0.3) is 0 Å². The van der Waals surface area contributed by atoms with E-state index in [-0.39, 0.29) is 0 Å². The van der Waals surface area contributed by atoms with Crippen LogP contribution in [0.2, 0.25) is 0 Å². The summed E-state index contributed by atoms with van der Waals surface area (Å²) in [7, 11) is 1.60. The average Bonchev–Trinajstić information content (AvgIpc) is 2.96. The summed E-state index contributed by atoms with van der Waals surface area (Å²) < 4.78 is 5.10. The minimum Gasteiger partial charge on any atom is -0.481 e. The number of aryl methyl sites for hydroxylation is 1. The Morgan fingerprint density at radius 1 is 1.24 bits per heavy atom. The largest absolute Gasteiger partial charge is 0.481 e. The van der Waals surface area contributed by atoms with Gasteiger partial charge in [-0.05, 0) is 18.9 Å². The number of hydrogen-bond donors (Lipinski definition) is 1. The van der Waals surface area contributed by atoms with Gasteiger partial charge in [-0.25, -0.2) is 19.9 Å². The Hall–Kier alpha value is -2.44. The van der Waals surface area contributed by atoms with E-state index in [2.05, 4.69) is 30.2 Å². The minimum absolute atomic E-state index is 0.314. The first kappa shape index (κ1) is 13.5. The van der Waals surface area contributed by atoms with Gasteiger partial charge in [0.2, 0.25) is 11.8 Å². The Bertz CT molecular complexity index is 603. The number of hydrogen-bond acceptors (Lipinski definition) is 7. The Morgan fingerprint density at radius 2 is 2.05 bits per heavy atom. The van der Waals surface area contributed by atoms with E-state index in [4.69, 9.17) is 4.74 Å². The minimum atomic E-state index is 0.314. The van der Waals surface area contributed by atoms with Gasteiger partial charge in [-0.1, -0.05) is 0 Å². The van der Waals surface area contributed by atoms with E-state index in [0.29, 0.717) is 11.9 Å². The van der Waals surface area contributed by atoms with Crippen molar-refractivity contribution in [2.24, 2.45) is 0 Å². The Morgan fingerprint density at radius 3 is 2.81 bits per heavy atom. The number of anilines is 2. The van der Waals surface area contributed by atoms with Gasteiger partial charge in [-0.2, -0.15) is 0 Å². The lowest BCUT2D eigenvalue weighted by Crippen LogP contribution is -2.27. The molecule has 0 spiro atoms. The molecule has 3 heterocycles. The maximum Gasteiger partial charge on any atom is 0.225 e. The van der Waals surface area contributed by atoms with E-state index in [9.17, 15) is 0 Å². The van der Waals surface area contributed by atoms with Crippen LogP contribution in [0.15, 0.2) is 24.8 Å². The number of rotatable bonds is 4. The van der Waals surface area contributed by atoms with Crippen LogP contribution >= 0.6 is 0 Å². The first-order valence-corrected chi connectivity index (χ1v) is 6.91. The van der Waals surface area contributed by atoms with Crippen molar-refractivity contribution in [3.63, 3.8) is 0 Å². The Balaban J connectivity index is 1.63. The van der Waals surface area contributed by atoms with Crippen molar-refractivity contribution in [3.8, 4) is 5.88 Å². The summed E-state index contributed by atoms with van der Waals surface area (Å²) in [6, 6.07) is 2.11. The molecule has 3 rings (SSSR count). The lowest BCUT2D eigenvalue weighted by molar-refractivity contribution is 0.397. The molecule has 7 nitrogen and oxygen atoms in total. The van der Waals surface area contributed by atoms with Crippen LogP contribution in [0.3, 0.4) is 0 Å². The third-order valence-electron chi connectivity index (χ3n) is 3.44. The van der Waals surface area contributed by atoms with Crippen LogP contribution < -0.4 is 15.0 Å². The predicted octanol–water partition coefficient (Wildman–Crippen LogP) is 1.27. The number of nitrogens with one attached hydrogen (secondary N) is 1. The highest BCUT2D eigenvalue weighted by atomic mass is 16.5. The molecule has 2 aromatic rings. The first-order chi connectivity index (χ1) is 10.2. The van der Waals surface area contributed by atoms with E-state index in [1.54, 1.807) is 13.2 Å². The molecule has 0 radical (unpaired) electrons. The molecule has 0 amide bonds. The normalized spacial score (nSPS) is 17.8. The van der Waals surface area contributed by atoms with Crippen molar-refractivity contribution in [2.75, 3.05) is 30.4 Å². The predicted molar refractivity (Wildman–Crippen MR) is 79.6 cm³/mol. The van der Waals surface area contributed by atoms with Crippen molar-refractivity contribution in [1.29, 1.82) is 0 Å². The van der Waals surface area contributed by atoms with E-state index < -0.39 is 0 Å². The van der Waals surface area contributed by atoms with E-state index in [0.717, 1.165) is 36.8 Å². The van der Waals surface area contributed by atoms with Gasteiger partial charge in [0, 0.05) is 37.6 Å². The zero-order valence-electron chi connectivity index (χ0n) is 12.2. The second-order valence-corrected chi connectivity index (χ2v) is 5.08. The van der Waals surface area contributed by atoms with Crippen LogP contribution in [0.1, 0.15) is 12.0 Å². The van der Waals surface area contributed by atoms with Crippen molar-refractivity contribution in [3.05, 3.63) is 30.4 Å². The molecule has 1 unspecified atom stereocenters. The van der Waals surface area contributed by atoms with Crippen molar-refractivity contribution < 1.29 is 4.74 Å². The fourth-order valence-corrected chi connectivity index (χ4v) is 2.35. The zero-order chi connectivity index (χ0) is 14.7. The van der Waals surface area contributed by atoms with Crippen molar-refractivity contribution in [2.45, 2.75) is 19.4 Å². The van der Waals surface area contributed by atoms with Crippen molar-refractivity contribution >= 4 is 11.8 Å². The van der Waals surface area contributed by atoms with Gasteiger partial charge in [0.1, 0.15) is 12.1 Å². The van der Waals surface area contributed by atoms with Gasteiger partial charge >= 0.3 is 0 Å². The van der Waals surface area contributed by atoms with Gasteiger partial charge in [-0.15, -0.1) is 0 Å². The number of ether oxygens (including phenoxy) is 1. The molecule has 0 bridgehead atoms. The molecule has 1 aliphatic rings. The summed E-state index contributed by atoms with van der Waals surface area (Å²) in [5, 5.41) is 3.40. The van der Waals surface area contributed by atoms with E-state index >= 15 is 0 Å². The molecule has 1 aliphatic heterocycles. The SMILES string of the molecule is COc1cc(NC2CCN(c3ncc(C)cn3)C2)ncn1. The third-order valence-corrected chi connectivity index (χ3v) is 3.44. The molecule has 0 aromatic carbocycles. The lowest BCUT2D eigenvalue weighted by atomic mass is 10.2. The zero-order valence-corrected chi connectivity index (χ0v) is 12.2. The molecular formula is C14H18N6O. The molecule has 1 fully saturated rings. The summed E-state index contributed by atoms with van der Waals surface area (Å²) in [5.41, 5.74) is 1.07. The van der Waals surface area contributed by atoms with Gasteiger partial charge in [0.05, 0.1) is 7.11 Å². The topological polar surface area (TPSA) is 76.1 Å². The third kappa shape index (κ3) is 3.18. The molecule has 21 heavy (non-hydrogen) atoms. The van der Waals surface area contributed by atoms with Gasteiger partial charge < -0.3 is 15.0 Å². The molecule has 0 saturated carbocycles. The maximum atomic E-state index is 5.10. The van der Waals surface area contributed by atoms with Gasteiger partial charge in [-0.3, -0.25) is 0 Å². The fraction of sp³-hybridized carbons (Fsp3) is 0.429.